The molecular weight excluding hydrogens is 346 g/mol. The molecule has 0 unspecified atom stereocenters. The Balaban J connectivity index is 1.98. The molecule has 1 N–H and O–H groups in total. The maximum atomic E-state index is 12.3. The SMILES string of the molecule is COC(=O)COc1c(C)cc(C=C2C(=O)NC(=O)c3ccccc32)cc1C. The molecule has 0 fully saturated rings. The van der Waals surface area contributed by atoms with Crippen molar-refractivity contribution in [2.75, 3.05) is 13.7 Å². The summed E-state index contributed by atoms with van der Waals surface area (Å²) in [5.41, 5.74) is 3.94. The van der Waals surface area contributed by atoms with E-state index in [1.54, 1.807) is 30.3 Å². The van der Waals surface area contributed by atoms with Gasteiger partial charge in [0, 0.05) is 11.1 Å². The fraction of sp³-hybridized carbons (Fsp3) is 0.190. The highest BCUT2D eigenvalue weighted by Crippen LogP contribution is 2.29. The molecule has 3 rings (SSSR count). The molecule has 0 bridgehead atoms. The van der Waals surface area contributed by atoms with Crippen LogP contribution in [-0.2, 0) is 14.3 Å². The van der Waals surface area contributed by atoms with Gasteiger partial charge in [0.1, 0.15) is 5.75 Å². The van der Waals surface area contributed by atoms with E-state index in [1.807, 2.05) is 26.0 Å². The molecule has 2 aromatic rings. The van der Waals surface area contributed by atoms with Crippen molar-refractivity contribution in [3.63, 3.8) is 0 Å². The monoisotopic (exact) mass is 365 g/mol. The molecule has 0 aromatic heterocycles. The highest BCUT2D eigenvalue weighted by atomic mass is 16.6. The summed E-state index contributed by atoms with van der Waals surface area (Å²) in [5, 5.41) is 2.36. The van der Waals surface area contributed by atoms with Crippen LogP contribution in [0.3, 0.4) is 0 Å². The van der Waals surface area contributed by atoms with Crippen molar-refractivity contribution in [2.24, 2.45) is 0 Å². The number of nitrogens with one attached hydrogen (secondary N) is 1. The normalized spacial score (nSPS) is 14.6. The van der Waals surface area contributed by atoms with Crippen LogP contribution in [0.4, 0.5) is 0 Å². The Bertz CT molecular complexity index is 951. The minimum Gasteiger partial charge on any atom is -0.481 e. The standard InChI is InChI=1S/C21H19NO5/c1-12-8-14(9-13(2)19(12)27-11-18(23)26-3)10-17-15-6-4-5-7-16(15)20(24)22-21(17)25/h4-10H,11H2,1-3H3,(H,22,24,25). The van der Waals surface area contributed by atoms with Crippen molar-refractivity contribution in [3.05, 3.63) is 64.2 Å². The summed E-state index contributed by atoms with van der Waals surface area (Å²) in [4.78, 5) is 35.6. The number of carbonyl (C=O) groups is 3. The van der Waals surface area contributed by atoms with E-state index >= 15 is 0 Å². The van der Waals surface area contributed by atoms with E-state index < -0.39 is 17.8 Å². The second-order valence-corrected chi connectivity index (χ2v) is 6.24. The van der Waals surface area contributed by atoms with Crippen LogP contribution in [0.15, 0.2) is 36.4 Å². The number of fused-ring (bicyclic) bond motifs is 1. The molecule has 2 amide bonds. The Labute approximate surface area is 156 Å². The van der Waals surface area contributed by atoms with Crippen LogP contribution in [-0.4, -0.2) is 31.5 Å². The van der Waals surface area contributed by atoms with Crippen molar-refractivity contribution < 1.29 is 23.9 Å². The number of hydrogen-bond donors (Lipinski definition) is 1. The maximum Gasteiger partial charge on any atom is 0.343 e. The molecule has 1 aliphatic heterocycles. The average molecular weight is 365 g/mol. The Kier molecular flexibility index (Phi) is 5.07. The minimum atomic E-state index is -0.458. The Morgan fingerprint density at radius 3 is 2.30 bits per heavy atom. The summed E-state index contributed by atoms with van der Waals surface area (Å²) in [6.07, 6.45) is 1.74. The van der Waals surface area contributed by atoms with Gasteiger partial charge >= 0.3 is 5.97 Å². The third-order valence-electron chi connectivity index (χ3n) is 4.29. The lowest BCUT2D eigenvalue weighted by Gasteiger charge is -2.18. The number of ether oxygens (including phenoxy) is 2. The first-order chi connectivity index (χ1) is 12.9. The summed E-state index contributed by atoms with van der Waals surface area (Å²) < 4.78 is 10.1. The molecular formula is C21H19NO5. The zero-order valence-corrected chi connectivity index (χ0v) is 15.3. The van der Waals surface area contributed by atoms with Gasteiger partial charge in [-0.15, -0.1) is 0 Å². The van der Waals surface area contributed by atoms with E-state index in [2.05, 4.69) is 10.1 Å². The topological polar surface area (TPSA) is 81.7 Å². The molecule has 138 valence electrons. The van der Waals surface area contributed by atoms with Crippen molar-refractivity contribution in [1.82, 2.24) is 5.32 Å². The zero-order valence-electron chi connectivity index (χ0n) is 15.3. The van der Waals surface area contributed by atoms with E-state index in [4.69, 9.17) is 4.74 Å². The highest BCUT2D eigenvalue weighted by molar-refractivity contribution is 6.33. The van der Waals surface area contributed by atoms with Crippen LogP contribution < -0.4 is 10.1 Å². The number of esters is 1. The molecule has 0 atom stereocenters. The number of hydrogen-bond acceptors (Lipinski definition) is 5. The maximum absolute atomic E-state index is 12.3. The Morgan fingerprint density at radius 1 is 1.04 bits per heavy atom. The molecule has 6 nitrogen and oxygen atoms in total. The van der Waals surface area contributed by atoms with E-state index in [0.717, 1.165) is 16.7 Å². The Morgan fingerprint density at radius 2 is 1.67 bits per heavy atom. The molecule has 0 radical (unpaired) electrons. The van der Waals surface area contributed by atoms with Gasteiger partial charge in [0.25, 0.3) is 11.8 Å². The molecule has 0 spiro atoms. The van der Waals surface area contributed by atoms with Crippen LogP contribution in [0, 0.1) is 13.8 Å². The van der Waals surface area contributed by atoms with E-state index in [-0.39, 0.29) is 6.61 Å². The third-order valence-corrected chi connectivity index (χ3v) is 4.29. The van der Waals surface area contributed by atoms with Gasteiger partial charge in [0.05, 0.1) is 7.11 Å². The van der Waals surface area contributed by atoms with Gasteiger partial charge in [0.2, 0.25) is 0 Å². The van der Waals surface area contributed by atoms with Crippen LogP contribution in [0.5, 0.6) is 5.75 Å². The van der Waals surface area contributed by atoms with Gasteiger partial charge in [-0.1, -0.05) is 18.2 Å². The first-order valence-electron chi connectivity index (χ1n) is 8.38. The lowest BCUT2D eigenvalue weighted by Crippen LogP contribution is -2.36. The highest BCUT2D eigenvalue weighted by Gasteiger charge is 2.26. The molecule has 0 aliphatic carbocycles. The van der Waals surface area contributed by atoms with Crippen LogP contribution in [0.25, 0.3) is 11.6 Å². The van der Waals surface area contributed by atoms with Gasteiger partial charge in [0.15, 0.2) is 6.61 Å². The number of rotatable bonds is 4. The van der Waals surface area contributed by atoms with E-state index in [1.165, 1.54) is 7.11 Å². The second kappa shape index (κ2) is 7.45. The Hall–Kier alpha value is -3.41. The fourth-order valence-electron chi connectivity index (χ4n) is 3.07. The molecule has 6 heteroatoms. The number of imide groups is 1. The molecule has 2 aromatic carbocycles. The predicted octanol–water partition coefficient (Wildman–Crippen LogP) is 2.67. The molecule has 0 saturated heterocycles. The summed E-state index contributed by atoms with van der Waals surface area (Å²) in [7, 11) is 1.30. The molecule has 1 heterocycles. The van der Waals surface area contributed by atoms with Crippen LogP contribution in [0.2, 0.25) is 0 Å². The lowest BCUT2D eigenvalue weighted by molar-refractivity contribution is -0.142. The largest absolute Gasteiger partial charge is 0.481 e. The summed E-state index contributed by atoms with van der Waals surface area (Å²) in [5.74, 6) is -0.682. The smallest absolute Gasteiger partial charge is 0.343 e. The van der Waals surface area contributed by atoms with Crippen molar-refractivity contribution in [2.45, 2.75) is 13.8 Å². The molecule has 27 heavy (non-hydrogen) atoms. The summed E-state index contributed by atoms with van der Waals surface area (Å²) >= 11 is 0. The van der Waals surface area contributed by atoms with Gasteiger partial charge in [-0.25, -0.2) is 4.79 Å². The van der Waals surface area contributed by atoms with Crippen molar-refractivity contribution in [1.29, 1.82) is 0 Å². The van der Waals surface area contributed by atoms with Crippen molar-refractivity contribution >= 4 is 29.4 Å². The molecule has 1 aliphatic rings. The quantitative estimate of drug-likeness (QED) is 0.512. The zero-order chi connectivity index (χ0) is 19.6. The first kappa shape index (κ1) is 18.4. The minimum absolute atomic E-state index is 0.170. The van der Waals surface area contributed by atoms with Gasteiger partial charge < -0.3 is 9.47 Å². The number of carbonyl (C=O) groups excluding carboxylic acids is 3. The fourth-order valence-corrected chi connectivity index (χ4v) is 3.07. The number of amides is 2. The predicted molar refractivity (Wildman–Crippen MR) is 100 cm³/mol. The second-order valence-electron chi connectivity index (χ2n) is 6.24. The molecule has 0 saturated carbocycles. The lowest BCUT2D eigenvalue weighted by atomic mass is 9.93. The van der Waals surface area contributed by atoms with Gasteiger partial charge in [-0.2, -0.15) is 0 Å². The number of methoxy groups -OCH3 is 1. The average Bonchev–Trinajstić information content (AvgIpc) is 2.64. The summed E-state index contributed by atoms with van der Waals surface area (Å²) in [6, 6.07) is 10.7. The van der Waals surface area contributed by atoms with Gasteiger partial charge in [-0.3, -0.25) is 14.9 Å². The van der Waals surface area contributed by atoms with Gasteiger partial charge in [-0.05, 0) is 60.4 Å². The summed E-state index contributed by atoms with van der Waals surface area (Å²) in [6.45, 7) is 3.55. The van der Waals surface area contributed by atoms with Crippen molar-refractivity contribution in [3.8, 4) is 5.75 Å². The van der Waals surface area contributed by atoms with E-state index in [0.29, 0.717) is 22.4 Å². The van der Waals surface area contributed by atoms with Crippen LogP contribution in [0.1, 0.15) is 32.6 Å². The van der Waals surface area contributed by atoms with E-state index in [9.17, 15) is 14.4 Å². The number of aryl methyl sites for hydroxylation is 2. The van der Waals surface area contributed by atoms with Crippen LogP contribution >= 0.6 is 0 Å². The number of benzene rings is 2. The first-order valence-corrected chi connectivity index (χ1v) is 8.38. The third kappa shape index (κ3) is 3.74.